The lowest BCUT2D eigenvalue weighted by molar-refractivity contribution is -0.0366. The second kappa shape index (κ2) is 9.19. The molecule has 0 aliphatic carbocycles. The lowest BCUT2D eigenvalue weighted by Gasteiger charge is -2.23. The van der Waals surface area contributed by atoms with Gasteiger partial charge >= 0.3 is 5.24 Å². The van der Waals surface area contributed by atoms with Crippen LogP contribution >= 0.6 is 11.9 Å². The van der Waals surface area contributed by atoms with Crippen molar-refractivity contribution in [2.24, 2.45) is 0 Å². The number of ether oxygens (including phenoxy) is 2. The summed E-state index contributed by atoms with van der Waals surface area (Å²) in [6, 6.07) is 12.2. The Labute approximate surface area is 178 Å². The molecule has 1 aliphatic rings. The minimum atomic E-state index is -0.390. The fourth-order valence-corrected chi connectivity index (χ4v) is 3.79. The molecule has 9 heteroatoms. The Bertz CT molecular complexity index is 1040. The molecule has 30 heavy (non-hydrogen) atoms. The number of benzene rings is 2. The molecule has 4 rings (SSSR count). The molecule has 0 saturated carbocycles. The van der Waals surface area contributed by atoms with E-state index < -0.39 is 0 Å². The van der Waals surface area contributed by atoms with Gasteiger partial charge in [0.2, 0.25) is 0 Å². The molecule has 0 bridgehead atoms. The van der Waals surface area contributed by atoms with Crippen molar-refractivity contribution < 1.29 is 19.1 Å². The van der Waals surface area contributed by atoms with Crippen molar-refractivity contribution in [1.29, 1.82) is 0 Å². The summed E-state index contributed by atoms with van der Waals surface area (Å²) < 4.78 is 15.3. The Balaban J connectivity index is 1.35. The van der Waals surface area contributed by atoms with Gasteiger partial charge in [-0.05, 0) is 61.7 Å². The summed E-state index contributed by atoms with van der Waals surface area (Å²) in [6.07, 6.45) is 4.87. The van der Waals surface area contributed by atoms with Gasteiger partial charge in [0.25, 0.3) is 5.91 Å². The number of anilines is 1. The van der Waals surface area contributed by atoms with E-state index in [-0.39, 0.29) is 17.4 Å². The minimum absolute atomic E-state index is 0.0413. The second-order valence-electron chi connectivity index (χ2n) is 6.86. The van der Waals surface area contributed by atoms with E-state index in [4.69, 9.17) is 9.47 Å². The Kier molecular flexibility index (Phi) is 6.20. The van der Waals surface area contributed by atoms with Crippen LogP contribution in [-0.2, 0) is 4.74 Å². The molecule has 1 atom stereocenters. The van der Waals surface area contributed by atoms with Crippen molar-refractivity contribution in [3.8, 4) is 5.75 Å². The standard InChI is InChI=1S/C21H22N4O4S/c1-28-17-8-5-14(6-9-17)20(26)24-30-21(27)23-16-7-10-18-15(12-16)13-22-25(18)19-4-2-3-11-29-19/h5-10,12-13,19H,2-4,11H2,1H3,(H,23,27)(H,24,26). The molecule has 1 saturated heterocycles. The fraction of sp³-hybridized carbons (Fsp3) is 0.286. The number of methoxy groups -OCH3 is 1. The molecule has 2 heterocycles. The van der Waals surface area contributed by atoms with Crippen LogP contribution < -0.4 is 14.8 Å². The van der Waals surface area contributed by atoms with Crippen LogP contribution in [0, 0.1) is 0 Å². The van der Waals surface area contributed by atoms with Gasteiger partial charge in [-0.1, -0.05) is 0 Å². The highest BCUT2D eigenvalue weighted by Gasteiger charge is 2.18. The van der Waals surface area contributed by atoms with Crippen LogP contribution in [0.15, 0.2) is 48.7 Å². The van der Waals surface area contributed by atoms with E-state index in [9.17, 15) is 9.59 Å². The van der Waals surface area contributed by atoms with Crippen LogP contribution in [0.1, 0.15) is 35.8 Å². The monoisotopic (exact) mass is 426 g/mol. The van der Waals surface area contributed by atoms with Crippen LogP contribution in [0.25, 0.3) is 10.9 Å². The van der Waals surface area contributed by atoms with E-state index in [1.165, 1.54) is 0 Å². The zero-order valence-electron chi connectivity index (χ0n) is 16.5. The van der Waals surface area contributed by atoms with E-state index in [2.05, 4.69) is 15.1 Å². The van der Waals surface area contributed by atoms with Gasteiger partial charge in [0.1, 0.15) is 5.75 Å². The van der Waals surface area contributed by atoms with E-state index in [1.54, 1.807) is 37.6 Å². The summed E-state index contributed by atoms with van der Waals surface area (Å²) in [4.78, 5) is 24.4. The number of nitrogens with zero attached hydrogens (tertiary/aromatic N) is 2. The molecule has 156 valence electrons. The van der Waals surface area contributed by atoms with Crippen LogP contribution in [0.2, 0.25) is 0 Å². The van der Waals surface area contributed by atoms with Crippen molar-refractivity contribution in [1.82, 2.24) is 14.5 Å². The maximum absolute atomic E-state index is 12.2. The Morgan fingerprint density at radius 1 is 1.20 bits per heavy atom. The molecule has 0 spiro atoms. The summed E-state index contributed by atoms with van der Waals surface area (Å²) in [7, 11) is 1.56. The van der Waals surface area contributed by atoms with Crippen LogP contribution in [-0.4, -0.2) is 34.6 Å². The van der Waals surface area contributed by atoms with Gasteiger partial charge < -0.3 is 14.8 Å². The highest BCUT2D eigenvalue weighted by atomic mass is 32.2. The summed E-state index contributed by atoms with van der Waals surface area (Å²) in [5.74, 6) is 0.299. The Morgan fingerprint density at radius 3 is 2.77 bits per heavy atom. The largest absolute Gasteiger partial charge is 0.497 e. The zero-order valence-corrected chi connectivity index (χ0v) is 17.3. The first-order valence-corrected chi connectivity index (χ1v) is 10.5. The molecular weight excluding hydrogens is 404 g/mol. The lowest BCUT2D eigenvalue weighted by Crippen LogP contribution is -2.20. The van der Waals surface area contributed by atoms with E-state index in [1.807, 2.05) is 22.9 Å². The minimum Gasteiger partial charge on any atom is -0.497 e. The fourth-order valence-electron chi connectivity index (χ4n) is 3.31. The van der Waals surface area contributed by atoms with Gasteiger partial charge in [0, 0.05) is 23.2 Å². The number of amides is 2. The number of hydrogen-bond acceptors (Lipinski definition) is 6. The Hall–Kier alpha value is -3.04. The van der Waals surface area contributed by atoms with E-state index in [0.717, 1.165) is 36.8 Å². The third kappa shape index (κ3) is 4.58. The molecule has 1 aliphatic heterocycles. The maximum atomic E-state index is 12.2. The predicted molar refractivity (Wildman–Crippen MR) is 116 cm³/mol. The molecule has 2 N–H and O–H groups in total. The molecule has 2 aromatic carbocycles. The van der Waals surface area contributed by atoms with Crippen LogP contribution in [0.3, 0.4) is 0 Å². The van der Waals surface area contributed by atoms with Crippen molar-refractivity contribution in [2.75, 3.05) is 19.0 Å². The summed E-state index contributed by atoms with van der Waals surface area (Å²) in [6.45, 7) is 0.750. The van der Waals surface area contributed by atoms with Gasteiger partial charge in [0.05, 0.1) is 30.8 Å². The molecule has 2 amide bonds. The number of rotatable bonds is 4. The van der Waals surface area contributed by atoms with Crippen molar-refractivity contribution in [2.45, 2.75) is 25.5 Å². The lowest BCUT2D eigenvalue weighted by atomic mass is 10.2. The number of fused-ring (bicyclic) bond motifs is 1. The number of carbonyl (C=O) groups is 2. The first kappa shape index (κ1) is 20.2. The molecule has 1 fully saturated rings. The van der Waals surface area contributed by atoms with Gasteiger partial charge in [-0.25, -0.2) is 4.68 Å². The maximum Gasteiger partial charge on any atom is 0.304 e. The van der Waals surface area contributed by atoms with E-state index >= 15 is 0 Å². The summed E-state index contributed by atoms with van der Waals surface area (Å²) in [5, 5.41) is 7.74. The quantitative estimate of drug-likeness (QED) is 0.602. The normalized spacial score (nSPS) is 16.2. The average molecular weight is 426 g/mol. The topological polar surface area (TPSA) is 94.5 Å². The van der Waals surface area contributed by atoms with Crippen molar-refractivity contribution in [3.63, 3.8) is 0 Å². The first-order chi connectivity index (χ1) is 14.6. The predicted octanol–water partition coefficient (Wildman–Crippen LogP) is 4.35. The van der Waals surface area contributed by atoms with Gasteiger partial charge in [-0.15, -0.1) is 0 Å². The van der Waals surface area contributed by atoms with Crippen molar-refractivity contribution >= 4 is 39.7 Å². The third-order valence-electron chi connectivity index (χ3n) is 4.86. The summed E-state index contributed by atoms with van der Waals surface area (Å²) in [5.41, 5.74) is 2.03. The van der Waals surface area contributed by atoms with E-state index in [0.29, 0.717) is 28.9 Å². The highest BCUT2D eigenvalue weighted by Crippen LogP contribution is 2.27. The van der Waals surface area contributed by atoms with Gasteiger partial charge in [-0.2, -0.15) is 5.10 Å². The molecule has 0 radical (unpaired) electrons. The summed E-state index contributed by atoms with van der Waals surface area (Å²) >= 11 is 0.696. The second-order valence-corrected chi connectivity index (χ2v) is 7.64. The molecular formula is C21H22N4O4S. The first-order valence-electron chi connectivity index (χ1n) is 9.65. The number of hydrogen-bond donors (Lipinski definition) is 2. The molecule has 1 aromatic heterocycles. The molecule has 8 nitrogen and oxygen atoms in total. The van der Waals surface area contributed by atoms with Gasteiger partial charge in [0.15, 0.2) is 6.23 Å². The molecule has 1 unspecified atom stereocenters. The Morgan fingerprint density at radius 2 is 2.03 bits per heavy atom. The van der Waals surface area contributed by atoms with Crippen LogP contribution in [0.5, 0.6) is 5.75 Å². The number of aromatic nitrogens is 2. The number of carbonyl (C=O) groups excluding carboxylic acids is 2. The molecule has 3 aromatic rings. The third-order valence-corrected chi connectivity index (χ3v) is 5.43. The van der Waals surface area contributed by atoms with Gasteiger partial charge in [-0.3, -0.25) is 14.3 Å². The highest BCUT2D eigenvalue weighted by molar-refractivity contribution is 8.12. The average Bonchev–Trinajstić information content (AvgIpc) is 3.21. The zero-order chi connectivity index (χ0) is 20.9. The number of nitrogens with one attached hydrogen (secondary N) is 2. The SMILES string of the molecule is COc1ccc(C(=O)NSC(=O)Nc2ccc3c(cnn3C3CCCCO3)c2)cc1. The van der Waals surface area contributed by atoms with Crippen LogP contribution in [0.4, 0.5) is 10.5 Å². The van der Waals surface area contributed by atoms with Crippen molar-refractivity contribution in [3.05, 3.63) is 54.2 Å². The smallest absolute Gasteiger partial charge is 0.304 e.